The summed E-state index contributed by atoms with van der Waals surface area (Å²) in [5.74, 6) is -0.396. The van der Waals surface area contributed by atoms with Crippen LogP contribution < -0.4 is 11.1 Å². The lowest BCUT2D eigenvalue weighted by Crippen LogP contribution is -2.24. The molecule has 3 nitrogen and oxygen atoms in total. The average Bonchev–Trinajstić information content (AvgIpc) is 2.18. The largest absolute Gasteiger partial charge is 0.416 e. The smallest absolute Gasteiger partial charge is 0.327 e. The molecule has 0 saturated heterocycles. The number of hydrogen-bond donors (Lipinski definition) is 2. The molecule has 6 heteroatoms. The highest BCUT2D eigenvalue weighted by atomic mass is 19.4. The zero-order chi connectivity index (χ0) is 13.9. The van der Waals surface area contributed by atoms with Crippen molar-refractivity contribution in [2.24, 2.45) is 5.73 Å². The van der Waals surface area contributed by atoms with E-state index in [0.717, 1.165) is 6.07 Å². The van der Waals surface area contributed by atoms with Crippen molar-refractivity contribution < 1.29 is 18.0 Å². The minimum absolute atomic E-state index is 0.00280. The average molecular weight is 260 g/mol. The summed E-state index contributed by atoms with van der Waals surface area (Å²) in [6.45, 7) is 2.98. The van der Waals surface area contributed by atoms with Crippen LogP contribution in [0.5, 0.6) is 0 Å². The van der Waals surface area contributed by atoms with Crippen LogP contribution in [-0.2, 0) is 11.0 Å². The van der Waals surface area contributed by atoms with Gasteiger partial charge in [0.2, 0.25) is 5.91 Å². The second-order valence-electron chi connectivity index (χ2n) is 4.21. The number of nitrogens with one attached hydrogen (secondary N) is 1. The van der Waals surface area contributed by atoms with Gasteiger partial charge >= 0.3 is 6.18 Å². The third-order valence-corrected chi connectivity index (χ3v) is 2.42. The van der Waals surface area contributed by atoms with Gasteiger partial charge in [-0.1, -0.05) is 6.07 Å². The highest BCUT2D eigenvalue weighted by Gasteiger charge is 2.33. The first-order valence-corrected chi connectivity index (χ1v) is 5.44. The van der Waals surface area contributed by atoms with E-state index in [0.29, 0.717) is 0 Å². The van der Waals surface area contributed by atoms with Crippen LogP contribution in [0, 0.1) is 6.92 Å². The van der Waals surface area contributed by atoms with Crippen LogP contribution in [0.25, 0.3) is 0 Å². The minimum Gasteiger partial charge on any atom is -0.327 e. The van der Waals surface area contributed by atoms with Crippen LogP contribution in [-0.4, -0.2) is 11.9 Å². The molecule has 0 aliphatic carbocycles. The molecule has 0 radical (unpaired) electrons. The van der Waals surface area contributed by atoms with Gasteiger partial charge in [-0.05, 0) is 31.5 Å². The third-order valence-electron chi connectivity index (χ3n) is 2.42. The lowest BCUT2D eigenvalue weighted by Gasteiger charge is -2.15. The molecule has 100 valence electrons. The van der Waals surface area contributed by atoms with E-state index in [4.69, 9.17) is 5.73 Å². The lowest BCUT2D eigenvalue weighted by atomic mass is 10.1. The van der Waals surface area contributed by atoms with Crippen LogP contribution in [0.2, 0.25) is 0 Å². The Balaban J connectivity index is 2.95. The molecular weight excluding hydrogens is 245 g/mol. The first-order chi connectivity index (χ1) is 8.21. The van der Waals surface area contributed by atoms with Gasteiger partial charge in [-0.15, -0.1) is 0 Å². The van der Waals surface area contributed by atoms with Crippen LogP contribution in [0.15, 0.2) is 18.2 Å². The number of carbonyl (C=O) groups is 1. The number of carbonyl (C=O) groups excluding carboxylic acids is 1. The van der Waals surface area contributed by atoms with Crippen LogP contribution in [0.1, 0.15) is 24.5 Å². The van der Waals surface area contributed by atoms with Crippen molar-refractivity contribution in [1.82, 2.24) is 0 Å². The molecule has 0 heterocycles. The molecule has 0 fully saturated rings. The van der Waals surface area contributed by atoms with Gasteiger partial charge in [0.05, 0.1) is 5.56 Å². The summed E-state index contributed by atoms with van der Waals surface area (Å²) in [5.41, 5.74) is 4.86. The molecular formula is C12H15F3N2O. The summed E-state index contributed by atoms with van der Waals surface area (Å²) in [5, 5.41) is 2.44. The van der Waals surface area contributed by atoms with Crippen molar-refractivity contribution >= 4 is 11.6 Å². The third kappa shape index (κ3) is 3.73. The number of benzene rings is 1. The molecule has 1 rings (SSSR count). The van der Waals surface area contributed by atoms with Gasteiger partial charge in [-0.2, -0.15) is 13.2 Å². The van der Waals surface area contributed by atoms with Crippen molar-refractivity contribution in [3.05, 3.63) is 29.3 Å². The molecule has 0 aliphatic heterocycles. The Morgan fingerprint density at radius 3 is 2.56 bits per heavy atom. The number of rotatable bonds is 3. The fourth-order valence-corrected chi connectivity index (χ4v) is 1.57. The number of alkyl halides is 3. The molecule has 0 aliphatic rings. The van der Waals surface area contributed by atoms with Crippen molar-refractivity contribution in [3.63, 3.8) is 0 Å². The molecule has 1 unspecified atom stereocenters. The van der Waals surface area contributed by atoms with Crippen molar-refractivity contribution in [2.75, 3.05) is 5.32 Å². The van der Waals surface area contributed by atoms with Gasteiger partial charge in [0, 0.05) is 18.2 Å². The lowest BCUT2D eigenvalue weighted by molar-refractivity contribution is -0.138. The molecule has 1 amide bonds. The summed E-state index contributed by atoms with van der Waals surface area (Å²) >= 11 is 0. The van der Waals surface area contributed by atoms with Crippen molar-refractivity contribution in [3.8, 4) is 0 Å². The van der Waals surface area contributed by atoms with E-state index in [-0.39, 0.29) is 23.7 Å². The van der Waals surface area contributed by atoms with Crippen molar-refractivity contribution in [2.45, 2.75) is 32.5 Å². The number of anilines is 1. The number of hydrogen-bond acceptors (Lipinski definition) is 2. The van der Waals surface area contributed by atoms with Gasteiger partial charge in [0.25, 0.3) is 0 Å². The van der Waals surface area contributed by atoms with E-state index >= 15 is 0 Å². The zero-order valence-electron chi connectivity index (χ0n) is 10.1. The maximum atomic E-state index is 12.6. The summed E-state index contributed by atoms with van der Waals surface area (Å²) in [6, 6.07) is 3.34. The van der Waals surface area contributed by atoms with Gasteiger partial charge in [0.15, 0.2) is 0 Å². The quantitative estimate of drug-likeness (QED) is 0.877. The van der Waals surface area contributed by atoms with Crippen molar-refractivity contribution in [1.29, 1.82) is 0 Å². The van der Waals surface area contributed by atoms with Gasteiger partial charge in [-0.3, -0.25) is 4.79 Å². The second kappa shape index (κ2) is 5.39. The molecule has 18 heavy (non-hydrogen) atoms. The molecule has 0 bridgehead atoms. The van der Waals surface area contributed by atoms with E-state index in [1.54, 1.807) is 6.92 Å². The van der Waals surface area contributed by atoms with Gasteiger partial charge < -0.3 is 11.1 Å². The molecule has 0 spiro atoms. The van der Waals surface area contributed by atoms with E-state index in [2.05, 4.69) is 5.32 Å². The number of amides is 1. The van der Waals surface area contributed by atoms with E-state index in [1.165, 1.54) is 19.1 Å². The fraction of sp³-hybridized carbons (Fsp3) is 0.417. The summed E-state index contributed by atoms with van der Waals surface area (Å²) in [7, 11) is 0. The van der Waals surface area contributed by atoms with Crippen LogP contribution >= 0.6 is 0 Å². The molecule has 0 aromatic heterocycles. The molecule has 1 aromatic rings. The first-order valence-electron chi connectivity index (χ1n) is 5.44. The normalized spacial score (nSPS) is 13.2. The van der Waals surface area contributed by atoms with Crippen LogP contribution in [0.4, 0.5) is 18.9 Å². The summed E-state index contributed by atoms with van der Waals surface area (Å²) < 4.78 is 37.9. The Morgan fingerprint density at radius 1 is 1.44 bits per heavy atom. The van der Waals surface area contributed by atoms with Crippen LogP contribution in [0.3, 0.4) is 0 Å². The maximum absolute atomic E-state index is 12.6. The Bertz CT molecular complexity index is 441. The second-order valence-corrected chi connectivity index (χ2v) is 4.21. The predicted octanol–water partition coefficient (Wildman–Crippen LogP) is 2.69. The molecule has 1 atom stereocenters. The molecule has 0 saturated carbocycles. The Labute approximate surface area is 103 Å². The highest BCUT2D eigenvalue weighted by molar-refractivity contribution is 5.92. The first kappa shape index (κ1) is 14.5. The van der Waals surface area contributed by atoms with E-state index < -0.39 is 17.6 Å². The Morgan fingerprint density at radius 2 is 2.06 bits per heavy atom. The number of nitrogens with two attached hydrogens (primary N) is 1. The Kier molecular flexibility index (Phi) is 4.34. The van der Waals surface area contributed by atoms with Gasteiger partial charge in [0.1, 0.15) is 0 Å². The topological polar surface area (TPSA) is 55.1 Å². The predicted molar refractivity (Wildman–Crippen MR) is 63.1 cm³/mol. The maximum Gasteiger partial charge on any atom is 0.416 e. The zero-order valence-corrected chi connectivity index (χ0v) is 10.1. The summed E-state index contributed by atoms with van der Waals surface area (Å²) in [4.78, 5) is 11.5. The van der Waals surface area contributed by atoms with E-state index in [1.807, 2.05) is 0 Å². The number of halogens is 3. The highest BCUT2D eigenvalue weighted by Crippen LogP contribution is 2.34. The fourth-order valence-electron chi connectivity index (χ4n) is 1.57. The van der Waals surface area contributed by atoms with E-state index in [9.17, 15) is 18.0 Å². The van der Waals surface area contributed by atoms with Gasteiger partial charge in [-0.25, -0.2) is 0 Å². The summed E-state index contributed by atoms with van der Waals surface area (Å²) in [6.07, 6.45) is -4.36. The monoisotopic (exact) mass is 260 g/mol. The SMILES string of the molecule is Cc1c(NC(=O)CC(C)N)cccc1C(F)(F)F. The Hall–Kier alpha value is -1.56. The minimum atomic E-state index is -4.42. The standard InChI is InChI=1S/C12H15F3N2O/c1-7(16)6-11(18)17-10-5-3-4-9(8(10)2)12(13,14)15/h3-5,7H,6,16H2,1-2H3,(H,17,18). The molecule has 3 N–H and O–H groups in total. The molecule has 1 aromatic carbocycles.